The van der Waals surface area contributed by atoms with Gasteiger partial charge in [-0.15, -0.1) is 0 Å². The molecule has 1 aromatic rings. The molecule has 0 amide bonds. The number of rotatable bonds is 1. The summed E-state index contributed by atoms with van der Waals surface area (Å²) in [6, 6.07) is 1.71. The van der Waals surface area contributed by atoms with E-state index in [0.717, 1.165) is 17.4 Å². The van der Waals surface area contributed by atoms with Crippen LogP contribution in [-0.4, -0.2) is 15.5 Å². The highest BCUT2D eigenvalue weighted by Gasteiger charge is 1.89. The third kappa shape index (κ3) is 2.64. The van der Waals surface area contributed by atoms with Crippen molar-refractivity contribution in [3.8, 4) is 11.8 Å². The number of halogens is 1. The van der Waals surface area contributed by atoms with E-state index < -0.39 is 0 Å². The first-order chi connectivity index (χ1) is 5.33. The van der Waals surface area contributed by atoms with Crippen molar-refractivity contribution in [1.29, 1.82) is 0 Å². The number of nitrogens with zero attached hydrogens (tertiary/aromatic N) is 1. The zero-order chi connectivity index (χ0) is 8.10. The molecule has 0 spiro atoms. The van der Waals surface area contributed by atoms with Gasteiger partial charge in [0, 0.05) is 17.8 Å². The summed E-state index contributed by atoms with van der Waals surface area (Å²) in [7, 11) is 0. The van der Waals surface area contributed by atoms with Gasteiger partial charge in [0.15, 0.2) is 0 Å². The second kappa shape index (κ2) is 4.04. The number of anilines is 1. The summed E-state index contributed by atoms with van der Waals surface area (Å²) in [5.41, 5.74) is 6.13. The highest BCUT2D eigenvalue weighted by molar-refractivity contribution is 9.09. The van der Waals surface area contributed by atoms with E-state index in [0.29, 0.717) is 5.82 Å². The molecule has 1 aromatic heterocycles. The van der Waals surface area contributed by atoms with Crippen LogP contribution in [-0.2, 0) is 0 Å². The van der Waals surface area contributed by atoms with Crippen molar-refractivity contribution in [2.45, 2.75) is 6.42 Å². The SMILES string of the molecule is Nc1cc(C#CCCBr)[nH]n1. The average molecular weight is 214 g/mol. The number of aromatic amines is 1. The van der Waals surface area contributed by atoms with Gasteiger partial charge in [0.1, 0.15) is 11.5 Å². The maximum atomic E-state index is 5.36. The van der Waals surface area contributed by atoms with Gasteiger partial charge in [-0.05, 0) is 5.92 Å². The summed E-state index contributed by atoms with van der Waals surface area (Å²) in [5, 5.41) is 7.33. The Labute approximate surface area is 73.5 Å². The molecule has 0 radical (unpaired) electrons. The standard InChI is InChI=1S/C7H8BrN3/c8-4-2-1-3-6-5-7(9)11-10-6/h5H,2,4H2,(H3,9,10,11). The Balaban J connectivity index is 2.59. The highest BCUT2D eigenvalue weighted by Crippen LogP contribution is 1.97. The van der Waals surface area contributed by atoms with Crippen LogP contribution >= 0.6 is 15.9 Å². The monoisotopic (exact) mass is 213 g/mol. The molecule has 0 aliphatic rings. The molecule has 58 valence electrons. The zero-order valence-electron chi connectivity index (χ0n) is 5.89. The van der Waals surface area contributed by atoms with E-state index in [1.54, 1.807) is 6.07 Å². The minimum absolute atomic E-state index is 0.480. The molecule has 0 aliphatic heterocycles. The predicted molar refractivity (Wildman–Crippen MR) is 48.3 cm³/mol. The molecule has 4 heteroatoms. The van der Waals surface area contributed by atoms with Crippen molar-refractivity contribution in [2.75, 3.05) is 11.1 Å². The first-order valence-electron chi connectivity index (χ1n) is 3.18. The molecule has 3 nitrogen and oxygen atoms in total. The lowest BCUT2D eigenvalue weighted by atomic mass is 10.4. The van der Waals surface area contributed by atoms with Crippen LogP contribution in [0.2, 0.25) is 0 Å². The second-order valence-electron chi connectivity index (χ2n) is 1.95. The van der Waals surface area contributed by atoms with Gasteiger partial charge < -0.3 is 5.73 Å². The number of H-pyrrole nitrogens is 1. The maximum Gasteiger partial charge on any atom is 0.146 e. The van der Waals surface area contributed by atoms with Crippen molar-refractivity contribution in [1.82, 2.24) is 10.2 Å². The largest absolute Gasteiger partial charge is 0.382 e. The van der Waals surface area contributed by atoms with Crippen LogP contribution in [0.1, 0.15) is 12.1 Å². The molecule has 11 heavy (non-hydrogen) atoms. The fraction of sp³-hybridized carbons (Fsp3) is 0.286. The lowest BCUT2D eigenvalue weighted by molar-refractivity contribution is 1.08. The normalized spacial score (nSPS) is 8.82. The Morgan fingerprint density at radius 1 is 1.73 bits per heavy atom. The molecule has 0 aromatic carbocycles. The number of hydrogen-bond acceptors (Lipinski definition) is 2. The van der Waals surface area contributed by atoms with Gasteiger partial charge >= 0.3 is 0 Å². The molecule has 0 aliphatic carbocycles. The van der Waals surface area contributed by atoms with Gasteiger partial charge in [0.25, 0.3) is 0 Å². The highest BCUT2D eigenvalue weighted by atomic mass is 79.9. The number of aromatic nitrogens is 2. The van der Waals surface area contributed by atoms with Gasteiger partial charge in [-0.2, -0.15) is 5.10 Å². The molecule has 0 bridgehead atoms. The number of nitrogen functional groups attached to an aromatic ring is 1. The second-order valence-corrected chi connectivity index (χ2v) is 2.74. The topological polar surface area (TPSA) is 54.7 Å². The van der Waals surface area contributed by atoms with Crippen molar-refractivity contribution < 1.29 is 0 Å². The Bertz CT molecular complexity index is 281. The van der Waals surface area contributed by atoms with Gasteiger partial charge in [0.2, 0.25) is 0 Å². The smallest absolute Gasteiger partial charge is 0.146 e. The van der Waals surface area contributed by atoms with Crippen molar-refractivity contribution >= 4 is 21.7 Å². The lowest BCUT2D eigenvalue weighted by Crippen LogP contribution is -1.81. The molecule has 1 heterocycles. The number of nitrogens with two attached hydrogens (primary N) is 1. The van der Waals surface area contributed by atoms with E-state index in [1.165, 1.54) is 0 Å². The van der Waals surface area contributed by atoms with Crippen molar-refractivity contribution in [3.63, 3.8) is 0 Å². The predicted octanol–water partition coefficient (Wildman–Crippen LogP) is 1.13. The van der Waals surface area contributed by atoms with Gasteiger partial charge in [-0.1, -0.05) is 21.9 Å². The fourth-order valence-corrected chi connectivity index (χ4v) is 0.804. The van der Waals surface area contributed by atoms with Crippen molar-refractivity contribution in [3.05, 3.63) is 11.8 Å². The Morgan fingerprint density at radius 2 is 2.55 bits per heavy atom. The van der Waals surface area contributed by atoms with Crippen LogP contribution < -0.4 is 5.73 Å². The van der Waals surface area contributed by atoms with Crippen LogP contribution in [0.15, 0.2) is 6.07 Å². The molecule has 1 rings (SSSR count). The van der Waals surface area contributed by atoms with E-state index in [2.05, 4.69) is 38.0 Å². The quantitative estimate of drug-likeness (QED) is 0.543. The van der Waals surface area contributed by atoms with Crippen LogP contribution in [0, 0.1) is 11.8 Å². The first-order valence-corrected chi connectivity index (χ1v) is 4.31. The zero-order valence-corrected chi connectivity index (χ0v) is 7.48. The first kappa shape index (κ1) is 8.15. The molecule has 3 N–H and O–H groups in total. The molecule has 0 saturated carbocycles. The summed E-state index contributed by atoms with van der Waals surface area (Å²) in [4.78, 5) is 0. The average Bonchev–Trinajstić information content (AvgIpc) is 2.37. The number of hydrogen-bond donors (Lipinski definition) is 2. The van der Waals surface area contributed by atoms with Gasteiger partial charge in [-0.25, -0.2) is 0 Å². The molecular weight excluding hydrogens is 206 g/mol. The van der Waals surface area contributed by atoms with E-state index in [1.807, 2.05) is 0 Å². The fourth-order valence-electron chi connectivity index (χ4n) is 0.606. The molecular formula is C7H8BrN3. The third-order valence-electron chi connectivity index (χ3n) is 1.04. The van der Waals surface area contributed by atoms with E-state index in [9.17, 15) is 0 Å². The van der Waals surface area contributed by atoms with E-state index in [4.69, 9.17) is 5.73 Å². The maximum absolute atomic E-state index is 5.36. The summed E-state index contributed by atoms with van der Waals surface area (Å²) in [5.74, 6) is 6.31. The molecule has 0 unspecified atom stereocenters. The van der Waals surface area contributed by atoms with E-state index >= 15 is 0 Å². The van der Waals surface area contributed by atoms with Crippen molar-refractivity contribution in [2.24, 2.45) is 0 Å². The minimum Gasteiger partial charge on any atom is -0.382 e. The van der Waals surface area contributed by atoms with E-state index in [-0.39, 0.29) is 0 Å². The van der Waals surface area contributed by atoms with Gasteiger partial charge in [-0.3, -0.25) is 5.10 Å². The number of nitrogens with one attached hydrogen (secondary N) is 1. The summed E-state index contributed by atoms with van der Waals surface area (Å²) < 4.78 is 0. The summed E-state index contributed by atoms with van der Waals surface area (Å²) in [6.45, 7) is 0. The molecule has 0 fully saturated rings. The number of alkyl halides is 1. The van der Waals surface area contributed by atoms with Crippen LogP contribution in [0.4, 0.5) is 5.82 Å². The Kier molecular flexibility index (Phi) is 2.99. The lowest BCUT2D eigenvalue weighted by Gasteiger charge is -1.76. The molecule has 0 saturated heterocycles. The third-order valence-corrected chi connectivity index (χ3v) is 1.44. The molecule has 0 atom stereocenters. The van der Waals surface area contributed by atoms with Crippen LogP contribution in [0.25, 0.3) is 0 Å². The summed E-state index contributed by atoms with van der Waals surface area (Å²) in [6.07, 6.45) is 0.832. The Hall–Kier alpha value is -0.950. The van der Waals surface area contributed by atoms with Gasteiger partial charge in [0.05, 0.1) is 0 Å². The van der Waals surface area contributed by atoms with Crippen LogP contribution in [0.5, 0.6) is 0 Å². The Morgan fingerprint density at radius 3 is 3.09 bits per heavy atom. The summed E-state index contributed by atoms with van der Waals surface area (Å²) >= 11 is 3.28. The minimum atomic E-state index is 0.480. The van der Waals surface area contributed by atoms with Crippen LogP contribution in [0.3, 0.4) is 0 Å².